The minimum absolute atomic E-state index is 0.206. The third-order valence-electron chi connectivity index (χ3n) is 4.77. The van der Waals surface area contributed by atoms with Crippen LogP contribution in [-0.4, -0.2) is 62.7 Å². The molecule has 0 spiro atoms. The maximum absolute atomic E-state index is 11.8. The van der Waals surface area contributed by atoms with E-state index in [0.29, 0.717) is 42.7 Å². The van der Waals surface area contributed by atoms with Crippen molar-refractivity contribution in [3.63, 3.8) is 0 Å². The van der Waals surface area contributed by atoms with E-state index in [1.165, 1.54) is 0 Å². The third-order valence-corrected chi connectivity index (χ3v) is 5.05. The number of likely N-dealkylation sites (tertiary alicyclic amines) is 1. The molecular formula is C19H27ClN4O3. The predicted octanol–water partition coefficient (Wildman–Crippen LogP) is 1.83. The molecule has 0 aromatic heterocycles. The number of aliphatic imine (C=N–C) groups is 1. The van der Waals surface area contributed by atoms with E-state index < -0.39 is 0 Å². The van der Waals surface area contributed by atoms with Gasteiger partial charge in [-0.1, -0.05) is 18.5 Å². The molecule has 1 saturated heterocycles. The van der Waals surface area contributed by atoms with E-state index >= 15 is 0 Å². The topological polar surface area (TPSA) is 75.2 Å². The number of hydrogen-bond acceptors (Lipinski definition) is 4. The van der Waals surface area contributed by atoms with Crippen molar-refractivity contribution < 1.29 is 14.3 Å². The molecule has 1 aromatic rings. The fourth-order valence-corrected chi connectivity index (χ4v) is 3.64. The Morgan fingerprint density at radius 1 is 1.37 bits per heavy atom. The van der Waals surface area contributed by atoms with Crippen LogP contribution in [0.25, 0.3) is 0 Å². The van der Waals surface area contributed by atoms with Crippen molar-refractivity contribution >= 4 is 23.5 Å². The largest absolute Gasteiger partial charge is 0.486 e. The zero-order valence-electron chi connectivity index (χ0n) is 15.9. The van der Waals surface area contributed by atoms with Crippen molar-refractivity contribution in [2.24, 2.45) is 4.99 Å². The second-order valence-corrected chi connectivity index (χ2v) is 7.08. The van der Waals surface area contributed by atoms with Gasteiger partial charge in [-0.3, -0.25) is 9.79 Å². The number of carbonyl (C=O) groups excluding carboxylic acids is 1. The minimum Gasteiger partial charge on any atom is -0.486 e. The van der Waals surface area contributed by atoms with E-state index in [2.05, 4.69) is 15.6 Å². The molecule has 1 unspecified atom stereocenters. The van der Waals surface area contributed by atoms with Crippen molar-refractivity contribution in [2.75, 3.05) is 39.9 Å². The van der Waals surface area contributed by atoms with Gasteiger partial charge in [0.25, 0.3) is 0 Å². The van der Waals surface area contributed by atoms with Crippen LogP contribution in [0.2, 0.25) is 5.02 Å². The molecule has 1 atom stereocenters. The van der Waals surface area contributed by atoms with Crippen molar-refractivity contribution in [2.45, 2.75) is 32.2 Å². The maximum Gasteiger partial charge on any atom is 0.222 e. The Bertz CT molecular complexity index is 710. The quantitative estimate of drug-likeness (QED) is 0.588. The molecular weight excluding hydrogens is 368 g/mol. The molecule has 148 valence electrons. The summed E-state index contributed by atoms with van der Waals surface area (Å²) in [4.78, 5) is 18.0. The van der Waals surface area contributed by atoms with Crippen LogP contribution in [-0.2, 0) is 11.2 Å². The van der Waals surface area contributed by atoms with Gasteiger partial charge in [0.1, 0.15) is 13.2 Å². The van der Waals surface area contributed by atoms with Gasteiger partial charge in [-0.25, -0.2) is 0 Å². The summed E-state index contributed by atoms with van der Waals surface area (Å²) in [6.45, 7) is 5.20. The number of fused-ring (bicyclic) bond motifs is 1. The van der Waals surface area contributed by atoms with Gasteiger partial charge in [-0.15, -0.1) is 0 Å². The first-order valence-corrected chi connectivity index (χ1v) is 9.81. The number of rotatable bonds is 5. The number of benzene rings is 1. The fourth-order valence-electron chi connectivity index (χ4n) is 3.35. The Kier molecular flexibility index (Phi) is 6.66. The third kappa shape index (κ3) is 4.97. The Morgan fingerprint density at radius 2 is 2.19 bits per heavy atom. The first-order valence-electron chi connectivity index (χ1n) is 9.43. The van der Waals surface area contributed by atoms with E-state index in [9.17, 15) is 4.79 Å². The number of carbonyl (C=O) groups is 1. The summed E-state index contributed by atoms with van der Waals surface area (Å²) < 4.78 is 11.2. The van der Waals surface area contributed by atoms with Gasteiger partial charge in [-0.2, -0.15) is 0 Å². The van der Waals surface area contributed by atoms with Crippen LogP contribution >= 0.6 is 11.6 Å². The van der Waals surface area contributed by atoms with Gasteiger partial charge < -0.3 is 25.0 Å². The SMILES string of the molecule is CCC(=O)N1CCC(NC(=NC)NCCc2cc(Cl)c3c(c2)OCCO3)C1. The summed E-state index contributed by atoms with van der Waals surface area (Å²) >= 11 is 6.29. The van der Waals surface area contributed by atoms with Crippen LogP contribution in [0.3, 0.4) is 0 Å². The standard InChI is InChI=1S/C19H27ClN4O3/c1-3-17(25)24-7-5-14(12-24)23-19(21-2)22-6-4-13-10-15(20)18-16(11-13)26-8-9-27-18/h10-11,14H,3-9,12H2,1-2H3,(H2,21,22,23). The second kappa shape index (κ2) is 9.17. The molecule has 1 amide bonds. The van der Waals surface area contributed by atoms with Gasteiger partial charge in [0.05, 0.1) is 5.02 Å². The van der Waals surface area contributed by atoms with Crippen LogP contribution in [0.15, 0.2) is 17.1 Å². The first kappa shape index (κ1) is 19.6. The number of nitrogens with one attached hydrogen (secondary N) is 2. The van der Waals surface area contributed by atoms with E-state index in [-0.39, 0.29) is 11.9 Å². The molecule has 0 aliphatic carbocycles. The predicted molar refractivity (Wildman–Crippen MR) is 106 cm³/mol. The summed E-state index contributed by atoms with van der Waals surface area (Å²) in [6, 6.07) is 4.12. The summed E-state index contributed by atoms with van der Waals surface area (Å²) in [6.07, 6.45) is 2.27. The van der Waals surface area contributed by atoms with E-state index in [1.807, 2.05) is 24.0 Å². The average Bonchev–Trinajstić information content (AvgIpc) is 3.15. The minimum atomic E-state index is 0.206. The second-order valence-electron chi connectivity index (χ2n) is 6.67. The summed E-state index contributed by atoms with van der Waals surface area (Å²) in [5.74, 6) is 2.29. The normalized spacial score (nSPS) is 19.1. The highest BCUT2D eigenvalue weighted by atomic mass is 35.5. The van der Waals surface area contributed by atoms with Gasteiger partial charge in [0.15, 0.2) is 17.5 Å². The number of hydrogen-bond donors (Lipinski definition) is 2. The molecule has 8 heteroatoms. The molecule has 2 aliphatic rings. The van der Waals surface area contributed by atoms with Crippen molar-refractivity contribution in [3.8, 4) is 11.5 Å². The molecule has 7 nitrogen and oxygen atoms in total. The number of guanidine groups is 1. The Morgan fingerprint density at radius 3 is 2.96 bits per heavy atom. The molecule has 3 rings (SSSR count). The Labute approximate surface area is 165 Å². The Hall–Kier alpha value is -2.15. The van der Waals surface area contributed by atoms with Gasteiger partial charge in [-0.05, 0) is 30.5 Å². The number of amides is 1. The van der Waals surface area contributed by atoms with Crippen LogP contribution in [0.5, 0.6) is 11.5 Å². The lowest BCUT2D eigenvalue weighted by Gasteiger charge is -2.21. The van der Waals surface area contributed by atoms with Crippen LogP contribution in [0.4, 0.5) is 0 Å². The Balaban J connectivity index is 1.48. The van der Waals surface area contributed by atoms with Crippen LogP contribution < -0.4 is 20.1 Å². The molecule has 2 heterocycles. The number of halogens is 1. The first-order chi connectivity index (χ1) is 13.1. The smallest absolute Gasteiger partial charge is 0.222 e. The molecule has 2 aliphatic heterocycles. The fraction of sp³-hybridized carbons (Fsp3) is 0.579. The van der Waals surface area contributed by atoms with Gasteiger partial charge >= 0.3 is 0 Å². The lowest BCUT2D eigenvalue weighted by Crippen LogP contribution is -2.45. The van der Waals surface area contributed by atoms with Crippen molar-refractivity contribution in [1.29, 1.82) is 0 Å². The highest BCUT2D eigenvalue weighted by Crippen LogP contribution is 2.38. The average molecular weight is 395 g/mol. The van der Waals surface area contributed by atoms with Crippen LogP contribution in [0.1, 0.15) is 25.3 Å². The number of ether oxygens (including phenoxy) is 2. The van der Waals surface area contributed by atoms with E-state index in [0.717, 1.165) is 37.5 Å². The molecule has 27 heavy (non-hydrogen) atoms. The molecule has 0 saturated carbocycles. The van der Waals surface area contributed by atoms with Gasteiger partial charge in [0, 0.05) is 39.1 Å². The lowest BCUT2D eigenvalue weighted by molar-refractivity contribution is -0.129. The molecule has 1 fully saturated rings. The number of nitrogens with zero attached hydrogens (tertiary/aromatic N) is 2. The molecule has 0 bridgehead atoms. The van der Waals surface area contributed by atoms with Crippen molar-refractivity contribution in [1.82, 2.24) is 15.5 Å². The zero-order chi connectivity index (χ0) is 19.2. The van der Waals surface area contributed by atoms with E-state index in [4.69, 9.17) is 21.1 Å². The van der Waals surface area contributed by atoms with Crippen LogP contribution in [0, 0.1) is 0 Å². The summed E-state index contributed by atoms with van der Waals surface area (Å²) in [7, 11) is 1.75. The highest BCUT2D eigenvalue weighted by Gasteiger charge is 2.25. The monoisotopic (exact) mass is 394 g/mol. The molecule has 2 N–H and O–H groups in total. The summed E-state index contributed by atoms with van der Waals surface area (Å²) in [5, 5.41) is 7.30. The molecule has 0 radical (unpaired) electrons. The zero-order valence-corrected chi connectivity index (χ0v) is 16.6. The molecule has 1 aromatic carbocycles. The highest BCUT2D eigenvalue weighted by molar-refractivity contribution is 6.32. The summed E-state index contributed by atoms with van der Waals surface area (Å²) in [5.41, 5.74) is 1.08. The maximum atomic E-state index is 11.8. The van der Waals surface area contributed by atoms with E-state index in [1.54, 1.807) is 7.05 Å². The van der Waals surface area contributed by atoms with Gasteiger partial charge in [0.2, 0.25) is 5.91 Å². The lowest BCUT2D eigenvalue weighted by atomic mass is 10.1. The van der Waals surface area contributed by atoms with Crippen molar-refractivity contribution in [3.05, 3.63) is 22.7 Å².